The van der Waals surface area contributed by atoms with Crippen LogP contribution in [0.5, 0.6) is 0 Å². The molecule has 0 aromatic heterocycles. The second-order valence-electron chi connectivity index (χ2n) is 7.83. The highest BCUT2D eigenvalue weighted by Gasteiger charge is 2.07. The van der Waals surface area contributed by atoms with Crippen molar-refractivity contribution < 1.29 is 0 Å². The third kappa shape index (κ3) is 5.90. The van der Waals surface area contributed by atoms with Gasteiger partial charge in [-0.1, -0.05) is 94.1 Å². The number of allylic oxidation sites excluding steroid dienone is 5. The van der Waals surface area contributed by atoms with Gasteiger partial charge in [-0.2, -0.15) is 0 Å². The van der Waals surface area contributed by atoms with Crippen LogP contribution >= 0.6 is 0 Å². The van der Waals surface area contributed by atoms with Crippen LogP contribution in [0.4, 0.5) is 0 Å². The Morgan fingerprint density at radius 1 is 0.960 bits per heavy atom. The Kier molecular flexibility index (Phi) is 6.20. The maximum atomic E-state index is 4.21. The Morgan fingerprint density at radius 3 is 2.16 bits per heavy atom. The Balaban J connectivity index is 2.04. The van der Waals surface area contributed by atoms with Crippen LogP contribution in [0.2, 0.25) is 0 Å². The van der Waals surface area contributed by atoms with Crippen LogP contribution < -0.4 is 0 Å². The van der Waals surface area contributed by atoms with Crippen molar-refractivity contribution in [2.24, 2.45) is 5.41 Å². The summed E-state index contributed by atoms with van der Waals surface area (Å²) in [5.41, 5.74) is 7.72. The average Bonchev–Trinajstić information content (AvgIpc) is 2.55. The smallest absolute Gasteiger partial charge is 0.00915 e. The first kappa shape index (κ1) is 19.0. The summed E-state index contributed by atoms with van der Waals surface area (Å²) >= 11 is 0. The van der Waals surface area contributed by atoms with Crippen LogP contribution in [-0.2, 0) is 6.42 Å². The van der Waals surface area contributed by atoms with Crippen LogP contribution in [-0.4, -0.2) is 0 Å². The molecule has 0 bridgehead atoms. The Morgan fingerprint density at radius 2 is 1.56 bits per heavy atom. The molecule has 0 aliphatic heterocycles. The molecule has 0 heterocycles. The largest absolute Gasteiger partial charge is 0.0912 e. The van der Waals surface area contributed by atoms with Gasteiger partial charge in [0.25, 0.3) is 0 Å². The van der Waals surface area contributed by atoms with Crippen molar-refractivity contribution in [1.29, 1.82) is 0 Å². The summed E-state index contributed by atoms with van der Waals surface area (Å²) in [6.45, 7) is 15.2. The lowest BCUT2D eigenvalue weighted by Crippen LogP contribution is -2.00. The molecule has 0 aliphatic rings. The normalized spacial score (nSPS) is 12.6. The van der Waals surface area contributed by atoms with E-state index in [1.165, 1.54) is 27.8 Å². The van der Waals surface area contributed by atoms with Crippen molar-refractivity contribution in [3.8, 4) is 0 Å². The molecule has 0 radical (unpaired) electrons. The maximum Gasteiger partial charge on any atom is -0.00915 e. The molecule has 0 N–H and O–H groups in total. The summed E-state index contributed by atoms with van der Waals surface area (Å²) in [6, 6.07) is 17.2. The fourth-order valence-corrected chi connectivity index (χ4v) is 2.94. The molecule has 0 saturated heterocycles. The first-order valence-corrected chi connectivity index (χ1v) is 8.96. The number of hydrogen-bond acceptors (Lipinski definition) is 0. The van der Waals surface area contributed by atoms with E-state index in [0.717, 1.165) is 12.0 Å². The second-order valence-corrected chi connectivity index (χ2v) is 7.83. The van der Waals surface area contributed by atoms with Crippen LogP contribution in [0.15, 0.2) is 73.3 Å². The molecule has 25 heavy (non-hydrogen) atoms. The third-order valence-electron chi connectivity index (χ3n) is 4.28. The zero-order chi connectivity index (χ0) is 18.4. The van der Waals surface area contributed by atoms with E-state index in [1.54, 1.807) is 0 Å². The van der Waals surface area contributed by atoms with Crippen molar-refractivity contribution >= 4 is 11.1 Å². The SMILES string of the molecule is C=C(C=CCc1ccccc1C)c1ccc(/C(C)=C/C(C)(C)C)cc1. The molecule has 0 fully saturated rings. The van der Waals surface area contributed by atoms with Crippen LogP contribution in [0.25, 0.3) is 11.1 Å². The van der Waals surface area contributed by atoms with Crippen molar-refractivity contribution in [3.63, 3.8) is 0 Å². The highest BCUT2D eigenvalue weighted by Crippen LogP contribution is 2.24. The summed E-state index contributed by atoms with van der Waals surface area (Å²) in [5.74, 6) is 0. The predicted octanol–water partition coefficient (Wildman–Crippen LogP) is 7.26. The zero-order valence-electron chi connectivity index (χ0n) is 16.3. The second kappa shape index (κ2) is 8.16. The molecular formula is C25H30. The van der Waals surface area contributed by atoms with Gasteiger partial charge in [-0.05, 0) is 59.1 Å². The minimum Gasteiger partial charge on any atom is -0.0912 e. The van der Waals surface area contributed by atoms with Gasteiger partial charge in [0.1, 0.15) is 0 Å². The van der Waals surface area contributed by atoms with Gasteiger partial charge < -0.3 is 0 Å². The van der Waals surface area contributed by atoms with Gasteiger partial charge in [0, 0.05) is 0 Å². The molecule has 0 unspecified atom stereocenters. The molecule has 0 saturated carbocycles. The fraction of sp³-hybridized carbons (Fsp3) is 0.280. The number of benzene rings is 2. The lowest BCUT2D eigenvalue weighted by Gasteiger charge is -2.14. The molecule has 0 aliphatic carbocycles. The highest BCUT2D eigenvalue weighted by molar-refractivity contribution is 5.74. The summed E-state index contributed by atoms with van der Waals surface area (Å²) in [7, 11) is 0. The van der Waals surface area contributed by atoms with Crippen molar-refractivity contribution in [2.75, 3.05) is 0 Å². The molecule has 130 valence electrons. The van der Waals surface area contributed by atoms with E-state index in [9.17, 15) is 0 Å². The molecule has 0 spiro atoms. The molecule has 0 atom stereocenters. The number of rotatable bonds is 5. The van der Waals surface area contributed by atoms with Crippen molar-refractivity contribution in [3.05, 3.63) is 95.6 Å². The van der Waals surface area contributed by atoms with Gasteiger partial charge in [0.05, 0.1) is 0 Å². The van der Waals surface area contributed by atoms with Gasteiger partial charge >= 0.3 is 0 Å². The van der Waals surface area contributed by atoms with Gasteiger partial charge in [-0.15, -0.1) is 0 Å². The van der Waals surface area contributed by atoms with Crippen LogP contribution in [0, 0.1) is 12.3 Å². The van der Waals surface area contributed by atoms with E-state index in [2.05, 4.69) is 108 Å². The Bertz CT molecular complexity index is 778. The first-order valence-electron chi connectivity index (χ1n) is 8.96. The van der Waals surface area contributed by atoms with E-state index in [1.807, 2.05) is 0 Å². The highest BCUT2D eigenvalue weighted by atomic mass is 14.1. The molecular weight excluding hydrogens is 300 g/mol. The number of hydrogen-bond donors (Lipinski definition) is 0. The lowest BCUT2D eigenvalue weighted by molar-refractivity contribution is 0.545. The summed E-state index contributed by atoms with van der Waals surface area (Å²) in [4.78, 5) is 0. The van der Waals surface area contributed by atoms with E-state index in [-0.39, 0.29) is 5.41 Å². The standard InChI is InChI=1S/C25H30/c1-19-10-7-8-12-22(19)13-9-11-20(2)23-14-16-24(17-15-23)21(3)18-25(4,5)6/h7-12,14-18H,2,13H2,1,3-6H3/b11-9?,21-18+. The molecule has 2 aromatic rings. The van der Waals surface area contributed by atoms with Crippen LogP contribution in [0.3, 0.4) is 0 Å². The van der Waals surface area contributed by atoms with E-state index < -0.39 is 0 Å². The lowest BCUT2D eigenvalue weighted by atomic mass is 9.91. The van der Waals surface area contributed by atoms with Gasteiger partial charge in [-0.3, -0.25) is 0 Å². The molecule has 0 amide bonds. The van der Waals surface area contributed by atoms with Gasteiger partial charge in [0.2, 0.25) is 0 Å². The molecule has 0 heteroatoms. The zero-order valence-corrected chi connectivity index (χ0v) is 16.3. The molecule has 0 nitrogen and oxygen atoms in total. The van der Waals surface area contributed by atoms with E-state index in [4.69, 9.17) is 0 Å². The Labute approximate surface area is 153 Å². The number of aryl methyl sites for hydroxylation is 1. The van der Waals surface area contributed by atoms with E-state index in [0.29, 0.717) is 0 Å². The molecule has 2 aromatic carbocycles. The fourth-order valence-electron chi connectivity index (χ4n) is 2.94. The minimum absolute atomic E-state index is 0.199. The quantitative estimate of drug-likeness (QED) is 0.506. The first-order chi connectivity index (χ1) is 11.8. The van der Waals surface area contributed by atoms with Crippen molar-refractivity contribution in [2.45, 2.75) is 41.0 Å². The van der Waals surface area contributed by atoms with Gasteiger partial charge in [-0.25, -0.2) is 0 Å². The summed E-state index contributed by atoms with van der Waals surface area (Å²) in [5, 5.41) is 0. The summed E-state index contributed by atoms with van der Waals surface area (Å²) in [6.07, 6.45) is 7.58. The topological polar surface area (TPSA) is 0 Å². The van der Waals surface area contributed by atoms with E-state index >= 15 is 0 Å². The van der Waals surface area contributed by atoms with Crippen LogP contribution in [0.1, 0.15) is 49.9 Å². The summed E-state index contributed by atoms with van der Waals surface area (Å²) < 4.78 is 0. The maximum absolute atomic E-state index is 4.21. The van der Waals surface area contributed by atoms with Crippen molar-refractivity contribution in [1.82, 2.24) is 0 Å². The predicted molar refractivity (Wildman–Crippen MR) is 113 cm³/mol. The Hall–Kier alpha value is -2.34. The minimum atomic E-state index is 0.199. The van der Waals surface area contributed by atoms with Gasteiger partial charge in [0.15, 0.2) is 0 Å². The average molecular weight is 331 g/mol. The molecule has 2 rings (SSSR count). The third-order valence-corrected chi connectivity index (χ3v) is 4.28. The monoisotopic (exact) mass is 330 g/mol.